The van der Waals surface area contributed by atoms with Crippen LogP contribution in [0.15, 0.2) is 60.0 Å². The lowest BCUT2D eigenvalue weighted by atomic mass is 10.0. The zero-order chi connectivity index (χ0) is 22.1. The minimum atomic E-state index is -1.56. The Bertz CT molecular complexity index is 1310. The third-order valence-electron chi connectivity index (χ3n) is 4.37. The molecule has 0 saturated heterocycles. The summed E-state index contributed by atoms with van der Waals surface area (Å²) in [7, 11) is 0. The van der Waals surface area contributed by atoms with Crippen molar-refractivity contribution in [1.82, 2.24) is 4.98 Å². The van der Waals surface area contributed by atoms with Gasteiger partial charge in [0.2, 0.25) is 0 Å². The summed E-state index contributed by atoms with van der Waals surface area (Å²) in [5, 5.41) is 12.3. The van der Waals surface area contributed by atoms with Gasteiger partial charge in [0.25, 0.3) is 0 Å². The van der Waals surface area contributed by atoms with E-state index in [-0.39, 0.29) is 16.9 Å². The van der Waals surface area contributed by atoms with Crippen molar-refractivity contribution in [3.63, 3.8) is 0 Å². The van der Waals surface area contributed by atoms with Gasteiger partial charge in [-0.15, -0.1) is 11.3 Å². The second kappa shape index (κ2) is 8.63. The van der Waals surface area contributed by atoms with Crippen molar-refractivity contribution < 1.29 is 23.4 Å². The fourth-order valence-electron chi connectivity index (χ4n) is 2.96. The van der Waals surface area contributed by atoms with Gasteiger partial charge in [0.15, 0.2) is 0 Å². The molecular weight excluding hydrogens is 467 g/mol. The predicted octanol–water partition coefficient (Wildman–Crippen LogP) is 7.79. The molecule has 4 rings (SSSR count). The van der Waals surface area contributed by atoms with Crippen LogP contribution in [0.4, 0.5) is 13.6 Å². The van der Waals surface area contributed by atoms with Gasteiger partial charge in [-0.25, -0.2) is 18.6 Å². The van der Waals surface area contributed by atoms with E-state index in [0.29, 0.717) is 26.3 Å². The highest BCUT2D eigenvalue weighted by molar-refractivity contribution is 7.13. The third kappa shape index (κ3) is 4.54. The molecule has 0 fully saturated rings. The quantitative estimate of drug-likeness (QED) is 0.240. The number of carbonyl (C=O) groups is 1. The van der Waals surface area contributed by atoms with Crippen LogP contribution in [0.25, 0.3) is 33.0 Å². The van der Waals surface area contributed by atoms with E-state index in [2.05, 4.69) is 4.98 Å². The molecule has 31 heavy (non-hydrogen) atoms. The molecule has 1 aromatic heterocycles. The van der Waals surface area contributed by atoms with Gasteiger partial charge in [0, 0.05) is 33.7 Å². The van der Waals surface area contributed by atoms with E-state index in [1.54, 1.807) is 24.3 Å². The number of carboxylic acid groups (broad SMARTS) is 1. The van der Waals surface area contributed by atoms with Crippen LogP contribution >= 0.6 is 34.5 Å². The molecule has 4 nitrogen and oxygen atoms in total. The van der Waals surface area contributed by atoms with Crippen LogP contribution < -0.4 is 4.74 Å². The minimum Gasteiger partial charge on any atom is -0.449 e. The summed E-state index contributed by atoms with van der Waals surface area (Å²) in [6.07, 6.45) is -1.56. The Morgan fingerprint density at radius 2 is 1.68 bits per heavy atom. The molecule has 0 aliphatic heterocycles. The maximum Gasteiger partial charge on any atom is 0.511 e. The van der Waals surface area contributed by atoms with E-state index in [4.69, 9.17) is 33.0 Å². The Labute approximate surface area is 189 Å². The van der Waals surface area contributed by atoms with E-state index < -0.39 is 17.8 Å². The number of benzene rings is 3. The van der Waals surface area contributed by atoms with Crippen LogP contribution in [-0.2, 0) is 0 Å². The first-order valence-electron chi connectivity index (χ1n) is 8.73. The molecule has 0 spiro atoms. The van der Waals surface area contributed by atoms with Crippen molar-refractivity contribution in [2.24, 2.45) is 0 Å². The van der Waals surface area contributed by atoms with E-state index in [1.807, 2.05) is 5.38 Å². The van der Waals surface area contributed by atoms with Crippen molar-refractivity contribution in [2.75, 3.05) is 0 Å². The van der Waals surface area contributed by atoms with Gasteiger partial charge < -0.3 is 9.84 Å². The van der Waals surface area contributed by atoms with Crippen LogP contribution in [0.1, 0.15) is 0 Å². The van der Waals surface area contributed by atoms with E-state index in [9.17, 15) is 13.6 Å². The fraction of sp³-hybridized carbons (Fsp3) is 0. The van der Waals surface area contributed by atoms with Gasteiger partial charge in [0.1, 0.15) is 22.4 Å². The van der Waals surface area contributed by atoms with Crippen LogP contribution in [0.3, 0.4) is 0 Å². The third-order valence-corrected chi connectivity index (χ3v) is 6.00. The fourth-order valence-corrected chi connectivity index (χ4v) is 4.08. The van der Waals surface area contributed by atoms with Gasteiger partial charge in [-0.2, -0.15) is 0 Å². The van der Waals surface area contributed by atoms with E-state index in [1.165, 1.54) is 29.5 Å². The molecular formula is C22H11Cl2F2NO3S. The number of halogens is 4. The monoisotopic (exact) mass is 477 g/mol. The number of rotatable bonds is 4. The van der Waals surface area contributed by atoms with Gasteiger partial charge in [-0.3, -0.25) is 0 Å². The number of aromatic nitrogens is 1. The first-order chi connectivity index (χ1) is 14.8. The maximum absolute atomic E-state index is 14.3. The van der Waals surface area contributed by atoms with Crippen molar-refractivity contribution >= 4 is 40.7 Å². The summed E-state index contributed by atoms with van der Waals surface area (Å²) in [6.45, 7) is 0. The predicted molar refractivity (Wildman–Crippen MR) is 117 cm³/mol. The molecule has 0 amide bonds. The zero-order valence-electron chi connectivity index (χ0n) is 15.4. The number of hydrogen-bond donors (Lipinski definition) is 1. The molecule has 4 aromatic rings. The topological polar surface area (TPSA) is 59.4 Å². The zero-order valence-corrected chi connectivity index (χ0v) is 17.7. The highest BCUT2D eigenvalue weighted by Gasteiger charge is 2.17. The average molecular weight is 478 g/mol. The standard InChI is InChI=1S/C22H11Cl2F2NO3S/c23-16-6-2-11(7-17(16)24)19-10-31-21(27-19)12-1-4-15(20(8-12)30-22(28)29)14-5-3-13(25)9-18(14)26/h1-10H,(H,28,29). The molecule has 1 N–H and O–H groups in total. The highest BCUT2D eigenvalue weighted by atomic mass is 35.5. The van der Waals surface area contributed by atoms with Gasteiger partial charge in [0.05, 0.1) is 15.7 Å². The van der Waals surface area contributed by atoms with E-state index >= 15 is 0 Å². The highest BCUT2D eigenvalue weighted by Crippen LogP contribution is 2.38. The minimum absolute atomic E-state index is 0.0137. The Morgan fingerprint density at radius 1 is 0.935 bits per heavy atom. The number of hydrogen-bond acceptors (Lipinski definition) is 4. The molecule has 0 unspecified atom stereocenters. The van der Waals surface area contributed by atoms with Gasteiger partial charge >= 0.3 is 6.16 Å². The second-order valence-corrected chi connectivity index (χ2v) is 8.04. The Hall–Kier alpha value is -3.00. The molecule has 156 valence electrons. The molecule has 0 aliphatic carbocycles. The van der Waals surface area contributed by atoms with Crippen LogP contribution in [0.5, 0.6) is 5.75 Å². The summed E-state index contributed by atoms with van der Waals surface area (Å²) < 4.78 is 32.4. The number of ether oxygens (including phenoxy) is 1. The van der Waals surface area contributed by atoms with Crippen molar-refractivity contribution in [3.05, 3.63) is 81.7 Å². The van der Waals surface area contributed by atoms with Crippen molar-refractivity contribution in [1.29, 1.82) is 0 Å². The van der Waals surface area contributed by atoms with Crippen molar-refractivity contribution in [2.45, 2.75) is 0 Å². The molecule has 1 heterocycles. The smallest absolute Gasteiger partial charge is 0.449 e. The maximum atomic E-state index is 14.3. The lowest BCUT2D eigenvalue weighted by Crippen LogP contribution is -2.04. The molecule has 0 radical (unpaired) electrons. The molecule has 0 atom stereocenters. The molecule has 9 heteroatoms. The molecule has 0 saturated carbocycles. The van der Waals surface area contributed by atoms with E-state index in [0.717, 1.165) is 17.7 Å². The summed E-state index contributed by atoms with van der Waals surface area (Å²) in [5.74, 6) is -1.67. The summed E-state index contributed by atoms with van der Waals surface area (Å²) >= 11 is 13.4. The Balaban J connectivity index is 1.75. The summed E-state index contributed by atoms with van der Waals surface area (Å²) in [4.78, 5) is 15.7. The second-order valence-electron chi connectivity index (χ2n) is 6.37. The van der Waals surface area contributed by atoms with Crippen molar-refractivity contribution in [3.8, 4) is 38.7 Å². The SMILES string of the molecule is O=C(O)Oc1cc(-c2nc(-c3ccc(Cl)c(Cl)c3)cs2)ccc1-c1ccc(F)cc1F. The first kappa shape index (κ1) is 21.2. The number of thiazole rings is 1. The Kier molecular flexibility index (Phi) is 5.91. The lowest BCUT2D eigenvalue weighted by molar-refractivity contribution is 0.144. The lowest BCUT2D eigenvalue weighted by Gasteiger charge is -2.11. The normalized spacial score (nSPS) is 10.8. The molecule has 3 aromatic carbocycles. The van der Waals surface area contributed by atoms with Crippen LogP contribution in [0, 0.1) is 11.6 Å². The van der Waals surface area contributed by atoms with Gasteiger partial charge in [-0.1, -0.05) is 35.3 Å². The summed E-state index contributed by atoms with van der Waals surface area (Å²) in [5.41, 5.74) is 2.18. The molecule has 0 aliphatic rings. The summed E-state index contributed by atoms with van der Waals surface area (Å²) in [6, 6.07) is 12.8. The largest absolute Gasteiger partial charge is 0.511 e. The molecule has 0 bridgehead atoms. The Morgan fingerprint density at radius 3 is 2.39 bits per heavy atom. The van der Waals surface area contributed by atoms with Gasteiger partial charge in [-0.05, 0) is 36.4 Å². The van der Waals surface area contributed by atoms with Crippen LogP contribution in [0.2, 0.25) is 10.0 Å². The number of nitrogens with zero attached hydrogens (tertiary/aromatic N) is 1. The van der Waals surface area contributed by atoms with Crippen LogP contribution in [-0.4, -0.2) is 16.2 Å². The average Bonchev–Trinajstić information content (AvgIpc) is 3.20. The first-order valence-corrected chi connectivity index (χ1v) is 10.4.